The van der Waals surface area contributed by atoms with Gasteiger partial charge in [0.25, 0.3) is 0 Å². The van der Waals surface area contributed by atoms with Crippen molar-refractivity contribution in [2.45, 2.75) is 13.0 Å². The molecule has 0 amide bonds. The summed E-state index contributed by atoms with van der Waals surface area (Å²) in [6.45, 7) is 2.08. The van der Waals surface area contributed by atoms with Crippen molar-refractivity contribution in [3.05, 3.63) is 28.8 Å². The van der Waals surface area contributed by atoms with Crippen LogP contribution in [0, 0.1) is 11.3 Å². The molecule has 0 bridgehead atoms. The SMILES string of the molecule is CC1CSC(Nc2ccc(C#N)c(Cl)c2)=N1. The summed E-state index contributed by atoms with van der Waals surface area (Å²) in [4.78, 5) is 4.42. The van der Waals surface area contributed by atoms with Gasteiger partial charge in [-0.25, -0.2) is 0 Å². The van der Waals surface area contributed by atoms with Crippen LogP contribution in [-0.2, 0) is 0 Å². The number of hydrogen-bond acceptors (Lipinski definition) is 4. The lowest BCUT2D eigenvalue weighted by Gasteiger charge is -2.05. The average Bonchev–Trinajstić information content (AvgIpc) is 2.64. The molecule has 3 nitrogen and oxygen atoms in total. The molecule has 1 aliphatic heterocycles. The Hall–Kier alpha value is -1.18. The van der Waals surface area contributed by atoms with Crippen molar-refractivity contribution in [3.8, 4) is 6.07 Å². The van der Waals surface area contributed by atoms with Gasteiger partial charge in [-0.2, -0.15) is 5.26 Å². The van der Waals surface area contributed by atoms with Gasteiger partial charge in [-0.05, 0) is 25.1 Å². The van der Waals surface area contributed by atoms with E-state index < -0.39 is 0 Å². The van der Waals surface area contributed by atoms with E-state index in [4.69, 9.17) is 16.9 Å². The van der Waals surface area contributed by atoms with Crippen molar-refractivity contribution in [3.63, 3.8) is 0 Å². The number of rotatable bonds is 1. The third-order valence-corrected chi connectivity index (χ3v) is 3.58. The highest BCUT2D eigenvalue weighted by Gasteiger charge is 2.13. The first kappa shape index (κ1) is 11.3. The van der Waals surface area contributed by atoms with Crippen LogP contribution in [0.15, 0.2) is 23.2 Å². The van der Waals surface area contributed by atoms with Gasteiger partial charge >= 0.3 is 0 Å². The zero-order valence-electron chi connectivity index (χ0n) is 8.70. The Labute approximate surface area is 104 Å². The highest BCUT2D eigenvalue weighted by Crippen LogP contribution is 2.23. The number of benzene rings is 1. The maximum Gasteiger partial charge on any atom is 0.161 e. The van der Waals surface area contributed by atoms with Gasteiger partial charge in [0, 0.05) is 11.4 Å². The number of aliphatic imine (C=N–C) groups is 1. The molecule has 0 aliphatic carbocycles. The molecule has 1 unspecified atom stereocenters. The van der Waals surface area contributed by atoms with Crippen molar-refractivity contribution >= 4 is 34.2 Å². The van der Waals surface area contributed by atoms with Gasteiger partial charge in [-0.1, -0.05) is 23.4 Å². The third-order valence-electron chi connectivity index (χ3n) is 2.14. The summed E-state index contributed by atoms with van der Waals surface area (Å²) < 4.78 is 0. The van der Waals surface area contributed by atoms with Crippen molar-refractivity contribution in [2.75, 3.05) is 11.1 Å². The van der Waals surface area contributed by atoms with Crippen LogP contribution in [0.3, 0.4) is 0 Å². The number of nitrogens with zero attached hydrogens (tertiary/aromatic N) is 2. The van der Waals surface area contributed by atoms with E-state index in [-0.39, 0.29) is 0 Å². The highest BCUT2D eigenvalue weighted by molar-refractivity contribution is 8.14. The van der Waals surface area contributed by atoms with Crippen LogP contribution in [0.25, 0.3) is 0 Å². The maximum absolute atomic E-state index is 8.75. The van der Waals surface area contributed by atoms with E-state index in [1.165, 1.54) is 0 Å². The van der Waals surface area contributed by atoms with Crippen molar-refractivity contribution in [2.24, 2.45) is 4.99 Å². The van der Waals surface area contributed by atoms with E-state index in [1.54, 1.807) is 23.9 Å². The van der Waals surface area contributed by atoms with Crippen LogP contribution in [0.1, 0.15) is 12.5 Å². The molecule has 1 aromatic carbocycles. The van der Waals surface area contributed by atoms with Gasteiger partial charge in [0.05, 0.1) is 16.6 Å². The normalized spacial score (nSPS) is 19.1. The number of thioether (sulfide) groups is 1. The molecule has 0 saturated carbocycles. The van der Waals surface area contributed by atoms with E-state index in [0.29, 0.717) is 16.6 Å². The van der Waals surface area contributed by atoms with Crippen molar-refractivity contribution in [1.29, 1.82) is 5.26 Å². The molecule has 0 saturated heterocycles. The van der Waals surface area contributed by atoms with E-state index in [0.717, 1.165) is 16.6 Å². The number of nitrogens with one attached hydrogen (secondary N) is 1. The quantitative estimate of drug-likeness (QED) is 0.834. The first-order chi connectivity index (χ1) is 7.69. The summed E-state index contributed by atoms with van der Waals surface area (Å²) in [5.74, 6) is 1.01. The number of halogens is 1. The summed E-state index contributed by atoms with van der Waals surface area (Å²) in [5, 5.41) is 13.3. The lowest BCUT2D eigenvalue weighted by molar-refractivity contribution is 0.865. The molecular formula is C11H10ClN3S. The monoisotopic (exact) mass is 251 g/mol. The first-order valence-electron chi connectivity index (χ1n) is 4.86. The topological polar surface area (TPSA) is 48.2 Å². The van der Waals surface area contributed by atoms with Crippen molar-refractivity contribution < 1.29 is 0 Å². The van der Waals surface area contributed by atoms with Crippen LogP contribution < -0.4 is 5.32 Å². The molecule has 0 aromatic heterocycles. The standard InChI is InChI=1S/C11H10ClN3S/c1-7-6-16-11(14-7)15-9-3-2-8(5-13)10(12)4-9/h2-4,7H,6H2,1H3,(H,14,15). The predicted molar refractivity (Wildman–Crippen MR) is 69.1 cm³/mol. The summed E-state index contributed by atoms with van der Waals surface area (Å²) >= 11 is 7.63. The third kappa shape index (κ3) is 2.49. The fourth-order valence-corrected chi connectivity index (χ4v) is 2.49. The van der Waals surface area contributed by atoms with Gasteiger partial charge in [0.1, 0.15) is 6.07 Å². The number of nitriles is 1. The molecule has 1 N–H and O–H groups in total. The van der Waals surface area contributed by atoms with Gasteiger partial charge in [-0.15, -0.1) is 0 Å². The lowest BCUT2D eigenvalue weighted by atomic mass is 10.2. The van der Waals surface area contributed by atoms with Crippen LogP contribution in [0.2, 0.25) is 5.02 Å². The number of anilines is 1. The molecule has 2 rings (SSSR count). The molecular weight excluding hydrogens is 242 g/mol. The van der Waals surface area contributed by atoms with Crippen LogP contribution in [-0.4, -0.2) is 17.0 Å². The van der Waals surface area contributed by atoms with Crippen LogP contribution in [0.5, 0.6) is 0 Å². The fourth-order valence-electron chi connectivity index (χ4n) is 1.35. The second kappa shape index (κ2) is 4.77. The average molecular weight is 252 g/mol. The summed E-state index contributed by atoms with van der Waals surface area (Å²) in [5.41, 5.74) is 1.35. The molecule has 5 heteroatoms. The van der Waals surface area contributed by atoms with Crippen LogP contribution >= 0.6 is 23.4 Å². The number of amidine groups is 1. The second-order valence-electron chi connectivity index (χ2n) is 3.53. The number of hydrogen-bond donors (Lipinski definition) is 1. The summed E-state index contributed by atoms with van der Waals surface area (Å²) in [7, 11) is 0. The van der Waals surface area contributed by atoms with E-state index >= 15 is 0 Å². The van der Waals surface area contributed by atoms with E-state index in [1.807, 2.05) is 12.1 Å². The van der Waals surface area contributed by atoms with Gasteiger partial charge in [-0.3, -0.25) is 4.99 Å². The second-order valence-corrected chi connectivity index (χ2v) is 4.94. The molecule has 1 aromatic rings. The van der Waals surface area contributed by atoms with Crippen LogP contribution in [0.4, 0.5) is 5.69 Å². The Morgan fingerprint density at radius 1 is 1.62 bits per heavy atom. The Morgan fingerprint density at radius 2 is 2.44 bits per heavy atom. The zero-order chi connectivity index (χ0) is 11.5. The zero-order valence-corrected chi connectivity index (χ0v) is 10.3. The Kier molecular flexibility index (Phi) is 3.37. The van der Waals surface area contributed by atoms with Gasteiger partial charge in [0.2, 0.25) is 0 Å². The molecule has 0 fully saturated rings. The van der Waals surface area contributed by atoms with E-state index in [2.05, 4.69) is 17.2 Å². The molecule has 1 heterocycles. The Morgan fingerprint density at radius 3 is 3.00 bits per heavy atom. The van der Waals surface area contributed by atoms with Crippen molar-refractivity contribution in [1.82, 2.24) is 0 Å². The minimum atomic E-state index is 0.362. The van der Waals surface area contributed by atoms with Gasteiger partial charge in [0.15, 0.2) is 5.17 Å². The minimum absolute atomic E-state index is 0.362. The Balaban J connectivity index is 2.14. The van der Waals surface area contributed by atoms with Gasteiger partial charge < -0.3 is 5.32 Å². The fraction of sp³-hybridized carbons (Fsp3) is 0.273. The summed E-state index contributed by atoms with van der Waals surface area (Å²) in [6, 6.07) is 7.67. The summed E-state index contributed by atoms with van der Waals surface area (Å²) in [6.07, 6.45) is 0. The molecule has 1 aliphatic rings. The smallest absolute Gasteiger partial charge is 0.161 e. The maximum atomic E-state index is 8.75. The molecule has 16 heavy (non-hydrogen) atoms. The largest absolute Gasteiger partial charge is 0.335 e. The molecule has 1 atom stereocenters. The van der Waals surface area contributed by atoms with E-state index in [9.17, 15) is 0 Å². The highest BCUT2D eigenvalue weighted by atomic mass is 35.5. The molecule has 0 radical (unpaired) electrons. The predicted octanol–water partition coefficient (Wildman–Crippen LogP) is 3.11. The molecule has 82 valence electrons. The first-order valence-corrected chi connectivity index (χ1v) is 6.22. The minimum Gasteiger partial charge on any atom is -0.335 e. The molecule has 0 spiro atoms. The lowest BCUT2D eigenvalue weighted by Crippen LogP contribution is -2.04. The Bertz CT molecular complexity index is 479.